The van der Waals surface area contributed by atoms with Crippen LogP contribution in [-0.4, -0.2) is 184 Å². The van der Waals surface area contributed by atoms with Crippen LogP contribution < -0.4 is 0 Å². The van der Waals surface area contributed by atoms with E-state index >= 15 is 0 Å². The lowest BCUT2D eigenvalue weighted by molar-refractivity contribution is -0.305. The maximum Gasteiger partial charge on any atom is 0.308 e. The molecule has 3 aliphatic heterocycles. The van der Waals surface area contributed by atoms with Crippen molar-refractivity contribution in [1.82, 2.24) is 9.88 Å². The molecule has 1 aliphatic carbocycles. The average Bonchev–Trinajstić information content (AvgIpc) is 3.35. The summed E-state index contributed by atoms with van der Waals surface area (Å²) in [6.45, 7) is 9.85. The first kappa shape index (κ1) is 56.4. The maximum absolute atomic E-state index is 14.4. The Bertz CT molecular complexity index is 1830. The number of esters is 1. The molecule has 69 heavy (non-hydrogen) atoms. The largest absolute Gasteiger partial charge is 0.462 e. The van der Waals surface area contributed by atoms with E-state index in [9.17, 15) is 24.9 Å². The Morgan fingerprint density at radius 3 is 2.48 bits per heavy atom. The number of ketones is 1. The summed E-state index contributed by atoms with van der Waals surface area (Å²) in [5.41, 5.74) is 2.13. The minimum atomic E-state index is -1.25. The summed E-state index contributed by atoms with van der Waals surface area (Å²) in [5.74, 6) is -2.45. The number of pyridine rings is 1. The summed E-state index contributed by atoms with van der Waals surface area (Å²) in [7, 11) is 6.64. The molecule has 0 spiro atoms. The number of hydrogen-bond acceptors (Lipinski definition) is 18. The highest BCUT2D eigenvalue weighted by molar-refractivity contribution is 5.91. The number of nitrogens with zero attached hydrogens (tertiary/aromatic N) is 3. The molecule has 1 aromatic rings. The smallest absolute Gasteiger partial charge is 0.308 e. The second-order valence-corrected chi connectivity index (χ2v) is 19.0. The first-order chi connectivity index (χ1) is 33.1. The normalized spacial score (nSPS) is 37.8. The Balaban J connectivity index is 1.46. The predicted molar refractivity (Wildman–Crippen MR) is 256 cm³/mol. The van der Waals surface area contributed by atoms with Gasteiger partial charge in [-0.25, -0.2) is 0 Å². The second kappa shape index (κ2) is 28.5. The third-order valence-corrected chi connectivity index (χ3v) is 13.7. The number of allylic oxidation sites excluding steroid dienone is 3. The van der Waals surface area contributed by atoms with Gasteiger partial charge in [0.2, 0.25) is 6.79 Å². The number of aromatic nitrogens is 1. The number of carbonyl (C=O) groups excluding carboxylic acids is 2. The van der Waals surface area contributed by atoms with Crippen molar-refractivity contribution in [3.05, 3.63) is 60.0 Å². The Kier molecular flexibility index (Phi) is 23.3. The molecule has 4 aliphatic rings. The van der Waals surface area contributed by atoms with Gasteiger partial charge in [0.05, 0.1) is 75.5 Å². The molecule has 1 saturated carbocycles. The molecule has 0 amide bonds. The van der Waals surface area contributed by atoms with Gasteiger partial charge in [-0.15, -0.1) is 0 Å². The zero-order valence-corrected chi connectivity index (χ0v) is 42.0. The average molecular weight is 974 g/mol. The van der Waals surface area contributed by atoms with Crippen LogP contribution in [0, 0.1) is 23.7 Å². The minimum absolute atomic E-state index is 0.0475. The van der Waals surface area contributed by atoms with Crippen molar-refractivity contribution in [3.63, 3.8) is 0 Å². The van der Waals surface area contributed by atoms with Crippen LogP contribution in [0.3, 0.4) is 0 Å². The third kappa shape index (κ3) is 16.5. The van der Waals surface area contributed by atoms with E-state index in [2.05, 4.69) is 10.1 Å². The molecule has 0 aromatic carbocycles. The van der Waals surface area contributed by atoms with Gasteiger partial charge in [-0.05, 0) is 83.7 Å². The van der Waals surface area contributed by atoms with Gasteiger partial charge in [0.25, 0.3) is 0 Å². The van der Waals surface area contributed by atoms with E-state index in [-0.39, 0.29) is 57.9 Å². The first-order valence-corrected chi connectivity index (χ1v) is 24.4. The molecule has 18 heteroatoms. The van der Waals surface area contributed by atoms with Crippen LogP contribution in [0.1, 0.15) is 78.7 Å². The fourth-order valence-electron chi connectivity index (χ4n) is 9.78. The van der Waals surface area contributed by atoms with Crippen LogP contribution >= 0.6 is 0 Å². The van der Waals surface area contributed by atoms with Crippen LogP contribution in [0.5, 0.6) is 0 Å². The lowest BCUT2D eigenvalue weighted by atomic mass is 9.79. The van der Waals surface area contributed by atoms with Gasteiger partial charge < -0.3 is 67.7 Å². The fraction of sp³-hybridized carbons (Fsp3) is 0.725. The van der Waals surface area contributed by atoms with E-state index in [1.54, 1.807) is 57.6 Å². The van der Waals surface area contributed by atoms with Crippen molar-refractivity contribution in [2.75, 3.05) is 68.1 Å². The molecule has 3 fully saturated rings. The summed E-state index contributed by atoms with van der Waals surface area (Å²) in [4.78, 5) is 39.9. The standard InChI is InChI=1S/C51H79N3O15/c1-10-41-37(27-64-42-18-17-40(56)49(60-8)50(42)61-9)23-31(2)15-16-39(55)32(3)24-36-19-22-62-28-38(53-66-30-63-21-12-14-35-13-11-20-52-26-35)29-65-43(25-44(57)68-41)33(4)48(36)69-51-47(59)45(54(6)7)46(58)34(5)67-51/h11-16,20,23,26,32-34,36-37,40-43,45-51,56,58-59H,10,17-19,21-22,24-25,27-30H2,1-9H3/b14-12+,16-15+,31-23+,53-38+/t32-,33+,34-,36?,37-,40-,41-,42-,43-,45+,46-,47-,48-,49-,50+,51+/m1/s1. The van der Waals surface area contributed by atoms with Gasteiger partial charge in [0, 0.05) is 51.0 Å². The zero-order valence-electron chi connectivity index (χ0n) is 42.0. The molecule has 5 rings (SSSR count). The molecule has 2 saturated heterocycles. The van der Waals surface area contributed by atoms with Crippen molar-refractivity contribution < 1.29 is 72.4 Å². The summed E-state index contributed by atoms with van der Waals surface area (Å²) in [6, 6.07) is 3.08. The molecule has 2 bridgehead atoms. The summed E-state index contributed by atoms with van der Waals surface area (Å²) >= 11 is 0. The summed E-state index contributed by atoms with van der Waals surface area (Å²) in [6.07, 6.45) is 6.01. The number of hydrogen-bond donors (Lipinski definition) is 3. The van der Waals surface area contributed by atoms with E-state index in [0.717, 1.165) is 11.1 Å². The van der Waals surface area contributed by atoms with Gasteiger partial charge in [0.1, 0.15) is 30.1 Å². The highest BCUT2D eigenvalue weighted by Gasteiger charge is 2.48. The number of aliphatic hydroxyl groups excluding tert-OH is 3. The molecular weight excluding hydrogens is 895 g/mol. The van der Waals surface area contributed by atoms with Crippen LogP contribution in [0.2, 0.25) is 0 Å². The number of fused-ring (bicyclic) bond motifs is 3. The molecule has 4 heterocycles. The predicted octanol–water partition coefficient (Wildman–Crippen LogP) is 4.29. The topological polar surface area (TPSA) is 216 Å². The number of carbonyl (C=O) groups is 2. The minimum Gasteiger partial charge on any atom is -0.462 e. The van der Waals surface area contributed by atoms with Crippen molar-refractivity contribution in [2.24, 2.45) is 28.8 Å². The van der Waals surface area contributed by atoms with Crippen molar-refractivity contribution >= 4 is 23.5 Å². The number of cyclic esters (lactones) is 1. The second-order valence-electron chi connectivity index (χ2n) is 19.0. The van der Waals surface area contributed by atoms with Crippen LogP contribution in [0.4, 0.5) is 0 Å². The molecule has 0 radical (unpaired) electrons. The molecule has 18 nitrogen and oxygen atoms in total. The number of oxime groups is 1. The van der Waals surface area contributed by atoms with Crippen molar-refractivity contribution in [2.45, 2.75) is 147 Å². The Morgan fingerprint density at radius 1 is 0.986 bits per heavy atom. The quantitative estimate of drug-likeness (QED) is 0.0967. The molecular formula is C51H79N3O15. The molecule has 388 valence electrons. The van der Waals surface area contributed by atoms with Gasteiger partial charge in [0.15, 0.2) is 12.1 Å². The Labute approximate surface area is 408 Å². The van der Waals surface area contributed by atoms with E-state index in [0.29, 0.717) is 37.8 Å². The van der Waals surface area contributed by atoms with E-state index in [4.69, 9.17) is 47.5 Å². The van der Waals surface area contributed by atoms with E-state index in [1.807, 2.05) is 58.1 Å². The lowest BCUT2D eigenvalue weighted by Crippen LogP contribution is -2.63. The van der Waals surface area contributed by atoms with Crippen LogP contribution in [-0.2, 0) is 57.1 Å². The zero-order chi connectivity index (χ0) is 50.0. The fourth-order valence-corrected chi connectivity index (χ4v) is 9.78. The monoisotopic (exact) mass is 974 g/mol. The molecule has 3 N–H and O–H groups in total. The van der Waals surface area contributed by atoms with Crippen molar-refractivity contribution in [3.8, 4) is 0 Å². The highest BCUT2D eigenvalue weighted by Crippen LogP contribution is 2.36. The summed E-state index contributed by atoms with van der Waals surface area (Å²) < 4.78 is 55.8. The third-order valence-electron chi connectivity index (χ3n) is 13.7. The van der Waals surface area contributed by atoms with Gasteiger partial charge >= 0.3 is 5.97 Å². The molecule has 16 atom stereocenters. The lowest BCUT2D eigenvalue weighted by Gasteiger charge is -2.47. The van der Waals surface area contributed by atoms with E-state index in [1.165, 1.54) is 7.11 Å². The highest BCUT2D eigenvalue weighted by atomic mass is 16.7. The van der Waals surface area contributed by atoms with E-state index < -0.39 is 97.1 Å². The SMILES string of the molecule is CC[C@H]1OC(=O)C[C@H]2OC/C(=N/OCOC/C=C/c3cccnc3)COCCC(C[C@@H](C)C(=O)/C=C/C(C)=C/[C@@H]1CO[C@@H]1CC[C@@H](O)[C@@H](OC)[C@H]1OC)[C@H](O[C@@H]1O[C@H](C)[C@@H](O)[C@H](N(C)C)[C@H]1O)[C@H]2C. The Hall–Kier alpha value is -3.50. The van der Waals surface area contributed by atoms with Gasteiger partial charge in [-0.2, -0.15) is 0 Å². The first-order valence-electron chi connectivity index (χ1n) is 24.4. The maximum atomic E-state index is 14.4. The summed E-state index contributed by atoms with van der Waals surface area (Å²) in [5, 5.41) is 37.7. The molecule has 1 unspecified atom stereocenters. The number of methoxy groups -OCH3 is 2. The number of aliphatic hydroxyl groups is 3. The van der Waals surface area contributed by atoms with Gasteiger partial charge in [-0.3, -0.25) is 14.6 Å². The van der Waals surface area contributed by atoms with Crippen molar-refractivity contribution in [1.29, 1.82) is 0 Å². The number of likely N-dealkylation sites (N-methyl/N-ethyl adjacent to an activating group) is 1. The van der Waals surface area contributed by atoms with Crippen LogP contribution in [0.25, 0.3) is 6.08 Å². The number of rotatable bonds is 15. The van der Waals surface area contributed by atoms with Crippen LogP contribution in [0.15, 0.2) is 59.6 Å². The Morgan fingerprint density at radius 2 is 1.77 bits per heavy atom. The van der Waals surface area contributed by atoms with Gasteiger partial charge in [-0.1, -0.05) is 61.9 Å². The molecule has 1 aromatic heterocycles. The number of ether oxygens (including phenoxy) is 9.